The number of hydroxylamine groups is 2. The Morgan fingerprint density at radius 3 is 2.72 bits per heavy atom. The van der Waals surface area contributed by atoms with E-state index in [0.717, 1.165) is 0 Å². The number of ether oxygens (including phenoxy) is 1. The molecule has 2 aliphatic rings. The Bertz CT molecular complexity index is 1140. The Kier molecular flexibility index (Phi) is 4.74. The van der Waals surface area contributed by atoms with Crippen LogP contribution in [-0.4, -0.2) is 28.6 Å². The molecule has 144 valence electrons. The van der Waals surface area contributed by atoms with Crippen LogP contribution >= 0.6 is 11.6 Å². The first-order valence-electron chi connectivity index (χ1n) is 8.59. The van der Waals surface area contributed by atoms with Crippen molar-refractivity contribution in [2.45, 2.75) is 6.92 Å². The molecule has 0 saturated heterocycles. The van der Waals surface area contributed by atoms with Crippen molar-refractivity contribution in [2.24, 2.45) is 4.99 Å². The number of aliphatic imine (C=N–C) groups is 1. The number of carbonyl (C=O) groups excluding carboxylic acids is 2. The van der Waals surface area contributed by atoms with Crippen molar-refractivity contribution in [3.63, 3.8) is 0 Å². The Hall–Kier alpha value is -3.71. The average Bonchev–Trinajstić information content (AvgIpc) is 3.08. The van der Waals surface area contributed by atoms with Gasteiger partial charge in [0.2, 0.25) is 0 Å². The second kappa shape index (κ2) is 7.37. The molecule has 0 aromatic heterocycles. The van der Waals surface area contributed by atoms with Gasteiger partial charge in [0.1, 0.15) is 11.5 Å². The number of fused-ring (bicyclic) bond motifs is 1. The molecule has 2 heterocycles. The summed E-state index contributed by atoms with van der Waals surface area (Å²) in [5.74, 6) is -0.198. The predicted octanol–water partition coefficient (Wildman–Crippen LogP) is 4.01. The zero-order chi connectivity index (χ0) is 20.5. The third-order valence-corrected chi connectivity index (χ3v) is 4.45. The summed E-state index contributed by atoms with van der Waals surface area (Å²) in [6.45, 7) is 1.71. The van der Waals surface area contributed by atoms with E-state index in [1.807, 2.05) is 0 Å². The highest BCUT2D eigenvalue weighted by Crippen LogP contribution is 2.29. The smallest absolute Gasteiger partial charge is 0.343 e. The summed E-state index contributed by atoms with van der Waals surface area (Å²) in [5.41, 5.74) is 1.01. The van der Waals surface area contributed by atoms with Crippen molar-refractivity contribution in [3.05, 3.63) is 82.1 Å². The van der Waals surface area contributed by atoms with Crippen LogP contribution in [0.3, 0.4) is 0 Å². The van der Waals surface area contributed by atoms with Crippen LogP contribution in [0.15, 0.2) is 70.9 Å². The number of carbonyl (C=O) groups is 2. The van der Waals surface area contributed by atoms with E-state index in [4.69, 9.17) is 26.6 Å². The average molecular weight is 408 g/mol. The summed E-state index contributed by atoms with van der Waals surface area (Å²) in [6, 6.07) is 13.2. The highest BCUT2D eigenvalue weighted by molar-refractivity contribution is 6.33. The molecule has 2 aliphatic heterocycles. The molecule has 2 aromatic carbocycles. The summed E-state index contributed by atoms with van der Waals surface area (Å²) in [5, 5.41) is 9.60. The first kappa shape index (κ1) is 18.6. The summed E-state index contributed by atoms with van der Waals surface area (Å²) in [4.78, 5) is 33.8. The van der Waals surface area contributed by atoms with Gasteiger partial charge in [-0.2, -0.15) is 4.99 Å². The van der Waals surface area contributed by atoms with Gasteiger partial charge in [-0.3, -0.25) is 10.2 Å². The third-order valence-electron chi connectivity index (χ3n) is 4.16. The molecule has 4 rings (SSSR count). The van der Waals surface area contributed by atoms with Crippen LogP contribution in [0.2, 0.25) is 5.02 Å². The molecule has 8 heteroatoms. The Morgan fingerprint density at radius 2 is 2.00 bits per heavy atom. The molecule has 7 nitrogen and oxygen atoms in total. The number of nitrogens with one attached hydrogen (secondary N) is 1. The number of hydrogen-bond acceptors (Lipinski definition) is 5. The van der Waals surface area contributed by atoms with Crippen molar-refractivity contribution in [2.75, 3.05) is 0 Å². The van der Waals surface area contributed by atoms with Crippen molar-refractivity contribution in [3.8, 4) is 5.75 Å². The molecule has 0 saturated carbocycles. The molecule has 29 heavy (non-hydrogen) atoms. The maximum Gasteiger partial charge on any atom is 0.343 e. The van der Waals surface area contributed by atoms with E-state index >= 15 is 0 Å². The zero-order valence-electron chi connectivity index (χ0n) is 15.2. The predicted molar refractivity (Wildman–Crippen MR) is 108 cm³/mol. The number of amidine groups is 2. The SMILES string of the molecule is CC1=CC2=NC(=O)/C(=C/c3ccc(OC(=O)c4ccccc4)c(Cl)c3)C(=N)N2O1. The van der Waals surface area contributed by atoms with Gasteiger partial charge in [0.25, 0.3) is 5.91 Å². The second-order valence-corrected chi connectivity index (χ2v) is 6.68. The lowest BCUT2D eigenvalue weighted by Gasteiger charge is -2.23. The van der Waals surface area contributed by atoms with E-state index in [0.29, 0.717) is 16.9 Å². The first-order chi connectivity index (χ1) is 13.9. The molecule has 2 aromatic rings. The van der Waals surface area contributed by atoms with Gasteiger partial charge in [-0.05, 0) is 42.8 Å². The quantitative estimate of drug-likeness (QED) is 0.471. The van der Waals surface area contributed by atoms with E-state index in [2.05, 4.69) is 4.99 Å². The van der Waals surface area contributed by atoms with Crippen LogP contribution in [0.5, 0.6) is 5.75 Å². The number of rotatable bonds is 3. The fourth-order valence-electron chi connectivity index (χ4n) is 2.79. The lowest BCUT2D eigenvalue weighted by Crippen LogP contribution is -2.38. The van der Waals surface area contributed by atoms with Crippen LogP contribution in [0, 0.1) is 5.41 Å². The molecule has 1 N–H and O–H groups in total. The van der Waals surface area contributed by atoms with E-state index in [-0.39, 0.29) is 28.0 Å². The van der Waals surface area contributed by atoms with E-state index in [1.54, 1.807) is 49.4 Å². The second-order valence-electron chi connectivity index (χ2n) is 6.27. The normalized spacial score (nSPS) is 16.9. The minimum absolute atomic E-state index is 0.0574. The largest absolute Gasteiger partial charge is 0.421 e. The van der Waals surface area contributed by atoms with Gasteiger partial charge in [-0.25, -0.2) is 4.79 Å². The number of hydrogen-bond donors (Lipinski definition) is 1. The van der Waals surface area contributed by atoms with Gasteiger partial charge >= 0.3 is 5.97 Å². The number of benzene rings is 2. The monoisotopic (exact) mass is 407 g/mol. The summed E-state index contributed by atoms with van der Waals surface area (Å²) < 4.78 is 5.33. The molecule has 0 fully saturated rings. The Labute approximate surface area is 171 Å². The fraction of sp³-hybridized carbons (Fsp3) is 0.0476. The van der Waals surface area contributed by atoms with Crippen molar-refractivity contribution in [1.29, 1.82) is 5.41 Å². The van der Waals surface area contributed by atoms with Crippen LogP contribution in [0.1, 0.15) is 22.8 Å². The van der Waals surface area contributed by atoms with E-state index in [9.17, 15) is 9.59 Å². The maximum absolute atomic E-state index is 12.3. The molecular formula is C21H14ClN3O4. The van der Waals surface area contributed by atoms with E-state index < -0.39 is 11.9 Å². The van der Waals surface area contributed by atoms with Crippen LogP contribution in [0.4, 0.5) is 0 Å². The molecule has 0 radical (unpaired) electrons. The van der Waals surface area contributed by atoms with Crippen LogP contribution < -0.4 is 4.74 Å². The van der Waals surface area contributed by atoms with E-state index in [1.165, 1.54) is 23.3 Å². The van der Waals surface area contributed by atoms with Crippen LogP contribution in [0.25, 0.3) is 6.08 Å². The zero-order valence-corrected chi connectivity index (χ0v) is 15.9. The fourth-order valence-corrected chi connectivity index (χ4v) is 3.02. The van der Waals surface area contributed by atoms with Crippen molar-refractivity contribution < 1.29 is 19.2 Å². The number of esters is 1. The lowest BCUT2D eigenvalue weighted by molar-refractivity contribution is -0.114. The van der Waals surface area contributed by atoms with Gasteiger partial charge in [0.15, 0.2) is 11.7 Å². The third kappa shape index (κ3) is 3.68. The summed E-state index contributed by atoms with van der Waals surface area (Å²) in [7, 11) is 0. The summed E-state index contributed by atoms with van der Waals surface area (Å²) >= 11 is 6.24. The van der Waals surface area contributed by atoms with Crippen molar-refractivity contribution in [1.82, 2.24) is 5.06 Å². The molecule has 0 aliphatic carbocycles. The van der Waals surface area contributed by atoms with Gasteiger partial charge in [0, 0.05) is 6.08 Å². The standard InChI is InChI=1S/C21H14ClN3O4/c1-12-9-18-24-20(26)15(19(23)25(18)29-12)10-13-7-8-17(16(22)11-13)28-21(27)14-5-3-2-4-6-14/h2-11,23H,1H3/b15-10+,23-19?. The topological polar surface area (TPSA) is 92.0 Å². The highest BCUT2D eigenvalue weighted by atomic mass is 35.5. The minimum atomic E-state index is -0.550. The number of nitrogens with zero attached hydrogens (tertiary/aromatic N) is 2. The van der Waals surface area contributed by atoms with Gasteiger partial charge in [-0.1, -0.05) is 35.9 Å². The Morgan fingerprint density at radius 1 is 1.24 bits per heavy atom. The number of amides is 1. The molecule has 0 unspecified atom stereocenters. The molecular weight excluding hydrogens is 394 g/mol. The molecule has 0 atom stereocenters. The Balaban J connectivity index is 1.56. The minimum Gasteiger partial charge on any atom is -0.421 e. The van der Waals surface area contributed by atoms with Gasteiger partial charge in [0.05, 0.1) is 16.2 Å². The lowest BCUT2D eigenvalue weighted by atomic mass is 10.1. The van der Waals surface area contributed by atoms with Crippen LogP contribution in [-0.2, 0) is 9.63 Å². The summed E-state index contributed by atoms with van der Waals surface area (Å²) in [6.07, 6.45) is 3.06. The number of halogens is 1. The number of allylic oxidation sites excluding steroid dienone is 1. The molecule has 0 bridgehead atoms. The first-order valence-corrected chi connectivity index (χ1v) is 8.97. The van der Waals surface area contributed by atoms with Gasteiger partial charge < -0.3 is 9.57 Å². The van der Waals surface area contributed by atoms with Crippen molar-refractivity contribution >= 4 is 41.2 Å². The van der Waals surface area contributed by atoms with Gasteiger partial charge in [-0.15, -0.1) is 5.06 Å². The molecule has 1 amide bonds. The highest BCUT2D eigenvalue weighted by Gasteiger charge is 2.34. The maximum atomic E-state index is 12.3. The molecule has 0 spiro atoms.